The third-order valence-corrected chi connectivity index (χ3v) is 6.81. The first-order valence-corrected chi connectivity index (χ1v) is 13.5. The standard InChI is InChI=1S/C30H36N6O4/c1-20-9-8-11-26(36(20)29(38)40-30(2,3)4)28(37)32-22(18-31)17-21-13-15-23(16-14-21)35-19-25(33-34-35)24-10-6-7-12-27(24)39-5/h6-7,10,12-16,19-20,22,26H,8-9,11,17H2,1-5H3,(H,32,37). The summed E-state index contributed by atoms with van der Waals surface area (Å²) in [6.07, 6.45) is 3.78. The maximum atomic E-state index is 13.2. The Labute approximate surface area is 234 Å². The number of piperidine rings is 1. The van der Waals surface area contributed by atoms with E-state index in [1.807, 2.05) is 61.7 Å². The lowest BCUT2D eigenvalue weighted by Crippen LogP contribution is -2.57. The van der Waals surface area contributed by atoms with Gasteiger partial charge in [-0.15, -0.1) is 5.10 Å². The topological polar surface area (TPSA) is 122 Å². The fourth-order valence-corrected chi connectivity index (χ4v) is 4.86. The van der Waals surface area contributed by atoms with Gasteiger partial charge in [-0.2, -0.15) is 5.26 Å². The lowest BCUT2D eigenvalue weighted by molar-refractivity contribution is -0.129. The van der Waals surface area contributed by atoms with Gasteiger partial charge in [-0.3, -0.25) is 9.69 Å². The first-order valence-electron chi connectivity index (χ1n) is 13.5. The van der Waals surface area contributed by atoms with Gasteiger partial charge in [0.15, 0.2) is 0 Å². The van der Waals surface area contributed by atoms with Crippen molar-refractivity contribution in [3.8, 4) is 28.8 Å². The highest BCUT2D eigenvalue weighted by Gasteiger charge is 2.39. The summed E-state index contributed by atoms with van der Waals surface area (Å²) >= 11 is 0. The second-order valence-electron chi connectivity index (χ2n) is 11.0. The number of likely N-dealkylation sites (tertiary alicyclic amines) is 1. The zero-order chi connectivity index (χ0) is 28.9. The lowest BCUT2D eigenvalue weighted by atomic mass is 9.96. The van der Waals surface area contributed by atoms with Crippen molar-refractivity contribution in [3.05, 3.63) is 60.3 Å². The molecule has 2 amide bonds. The van der Waals surface area contributed by atoms with Gasteiger partial charge in [-0.25, -0.2) is 9.48 Å². The molecule has 10 heteroatoms. The molecule has 3 unspecified atom stereocenters. The summed E-state index contributed by atoms with van der Waals surface area (Å²) in [7, 11) is 1.62. The number of aromatic nitrogens is 3. The third-order valence-electron chi connectivity index (χ3n) is 6.81. The van der Waals surface area contributed by atoms with E-state index in [4.69, 9.17) is 9.47 Å². The van der Waals surface area contributed by atoms with Crippen molar-refractivity contribution in [2.75, 3.05) is 7.11 Å². The summed E-state index contributed by atoms with van der Waals surface area (Å²) in [4.78, 5) is 27.7. The van der Waals surface area contributed by atoms with Crippen molar-refractivity contribution in [2.45, 2.75) is 77.1 Å². The van der Waals surface area contributed by atoms with Crippen LogP contribution in [0.5, 0.6) is 5.75 Å². The normalized spacial score (nSPS) is 17.9. The number of hydrogen-bond donors (Lipinski definition) is 1. The molecule has 0 aliphatic carbocycles. The fraction of sp³-hybridized carbons (Fsp3) is 0.433. The number of amides is 2. The molecule has 4 rings (SSSR count). The Hall–Kier alpha value is -4.39. The number of carbonyl (C=O) groups is 2. The number of carbonyl (C=O) groups excluding carboxylic acids is 2. The Morgan fingerprint density at radius 1 is 1.15 bits per heavy atom. The summed E-state index contributed by atoms with van der Waals surface area (Å²) in [5, 5.41) is 21.2. The van der Waals surface area contributed by atoms with Crippen LogP contribution < -0.4 is 10.1 Å². The lowest BCUT2D eigenvalue weighted by Gasteiger charge is -2.40. The van der Waals surface area contributed by atoms with Gasteiger partial charge in [-0.1, -0.05) is 29.5 Å². The number of ether oxygens (including phenoxy) is 2. The molecule has 1 aliphatic heterocycles. The summed E-state index contributed by atoms with van der Waals surface area (Å²) < 4.78 is 12.7. The second kappa shape index (κ2) is 12.2. The van der Waals surface area contributed by atoms with E-state index >= 15 is 0 Å². The maximum Gasteiger partial charge on any atom is 0.411 e. The maximum absolute atomic E-state index is 13.2. The Morgan fingerprint density at radius 3 is 2.55 bits per heavy atom. The monoisotopic (exact) mass is 544 g/mol. The van der Waals surface area contributed by atoms with Crippen LogP contribution >= 0.6 is 0 Å². The van der Waals surface area contributed by atoms with Crippen molar-refractivity contribution in [1.82, 2.24) is 25.2 Å². The van der Waals surface area contributed by atoms with Crippen molar-refractivity contribution in [1.29, 1.82) is 5.26 Å². The molecule has 40 heavy (non-hydrogen) atoms. The van der Waals surface area contributed by atoms with Crippen LogP contribution in [0.25, 0.3) is 16.9 Å². The molecule has 3 aromatic rings. The van der Waals surface area contributed by atoms with Gasteiger partial charge in [0.05, 0.1) is 25.1 Å². The number of nitriles is 1. The molecule has 1 aromatic heterocycles. The molecule has 1 saturated heterocycles. The largest absolute Gasteiger partial charge is 0.496 e. The van der Waals surface area contributed by atoms with Crippen molar-refractivity contribution in [3.63, 3.8) is 0 Å². The van der Waals surface area contributed by atoms with Gasteiger partial charge < -0.3 is 14.8 Å². The van der Waals surface area contributed by atoms with Crippen LogP contribution in [0.3, 0.4) is 0 Å². The molecule has 0 bridgehead atoms. The third kappa shape index (κ3) is 6.78. The van der Waals surface area contributed by atoms with E-state index in [0.717, 1.165) is 29.7 Å². The summed E-state index contributed by atoms with van der Waals surface area (Å²) in [5.41, 5.74) is 2.55. The Bertz CT molecular complexity index is 1370. The minimum absolute atomic E-state index is 0.132. The van der Waals surface area contributed by atoms with Gasteiger partial charge in [0.25, 0.3) is 0 Å². The van der Waals surface area contributed by atoms with Crippen LogP contribution in [0.2, 0.25) is 0 Å². The van der Waals surface area contributed by atoms with Crippen LogP contribution in [0, 0.1) is 11.3 Å². The number of hydrogen-bond acceptors (Lipinski definition) is 7. The SMILES string of the molecule is COc1ccccc1-c1cn(-c2ccc(CC(C#N)NC(=O)C3CCCC(C)N3C(=O)OC(C)(C)C)cc2)nn1. The van der Waals surface area contributed by atoms with Crippen molar-refractivity contribution in [2.24, 2.45) is 0 Å². The van der Waals surface area contributed by atoms with E-state index in [1.165, 1.54) is 4.90 Å². The van der Waals surface area contributed by atoms with Crippen LogP contribution in [0.4, 0.5) is 4.79 Å². The molecule has 0 saturated carbocycles. The zero-order valence-corrected chi connectivity index (χ0v) is 23.6. The highest BCUT2D eigenvalue weighted by Crippen LogP contribution is 2.28. The summed E-state index contributed by atoms with van der Waals surface area (Å²) in [6, 6.07) is 15.8. The van der Waals surface area contributed by atoms with Gasteiger partial charge in [-0.05, 0) is 76.8 Å². The van der Waals surface area contributed by atoms with Crippen molar-refractivity contribution >= 4 is 12.0 Å². The molecular formula is C30H36N6O4. The number of nitrogens with zero attached hydrogens (tertiary/aromatic N) is 5. The Kier molecular flexibility index (Phi) is 8.73. The van der Waals surface area contributed by atoms with Gasteiger partial charge in [0.2, 0.25) is 5.91 Å². The fourth-order valence-electron chi connectivity index (χ4n) is 4.86. The molecule has 1 aliphatic rings. The number of rotatable bonds is 7. The molecule has 0 radical (unpaired) electrons. The van der Waals surface area contributed by atoms with Gasteiger partial charge >= 0.3 is 6.09 Å². The molecular weight excluding hydrogens is 508 g/mol. The minimum atomic E-state index is -0.750. The van der Waals surface area contributed by atoms with Crippen LogP contribution in [-0.4, -0.2) is 62.7 Å². The molecule has 2 heterocycles. The van der Waals surface area contributed by atoms with Gasteiger partial charge in [0.1, 0.15) is 29.1 Å². The first kappa shape index (κ1) is 28.6. The van der Waals surface area contributed by atoms with E-state index in [0.29, 0.717) is 24.3 Å². The predicted octanol–water partition coefficient (Wildman–Crippen LogP) is 4.67. The van der Waals surface area contributed by atoms with Crippen molar-refractivity contribution < 1.29 is 19.1 Å². The molecule has 10 nitrogen and oxygen atoms in total. The average molecular weight is 545 g/mol. The smallest absolute Gasteiger partial charge is 0.411 e. The van der Waals surface area contributed by atoms with Crippen LogP contribution in [0.15, 0.2) is 54.7 Å². The number of methoxy groups -OCH3 is 1. The van der Waals surface area contributed by atoms with Crippen LogP contribution in [0.1, 0.15) is 52.5 Å². The molecule has 3 atom stereocenters. The quantitative estimate of drug-likeness (QED) is 0.459. The molecule has 1 fully saturated rings. The van der Waals surface area contributed by atoms with E-state index in [9.17, 15) is 14.9 Å². The minimum Gasteiger partial charge on any atom is -0.496 e. The van der Waals surface area contributed by atoms with E-state index in [-0.39, 0.29) is 11.9 Å². The predicted molar refractivity (Wildman–Crippen MR) is 150 cm³/mol. The number of para-hydroxylation sites is 1. The Morgan fingerprint density at radius 2 is 1.88 bits per heavy atom. The first-order chi connectivity index (χ1) is 19.1. The summed E-state index contributed by atoms with van der Waals surface area (Å²) in [6.45, 7) is 7.32. The molecule has 1 N–H and O–H groups in total. The molecule has 2 aromatic carbocycles. The number of benzene rings is 2. The Balaban J connectivity index is 1.42. The zero-order valence-electron chi connectivity index (χ0n) is 23.6. The highest BCUT2D eigenvalue weighted by atomic mass is 16.6. The van der Waals surface area contributed by atoms with E-state index < -0.39 is 23.8 Å². The average Bonchev–Trinajstić information content (AvgIpc) is 3.42. The second-order valence-corrected chi connectivity index (χ2v) is 11.0. The van der Waals surface area contributed by atoms with Gasteiger partial charge in [0, 0.05) is 18.0 Å². The highest BCUT2D eigenvalue weighted by molar-refractivity contribution is 5.86. The number of nitrogens with one attached hydrogen (secondary N) is 1. The van der Waals surface area contributed by atoms with E-state index in [1.54, 1.807) is 32.6 Å². The molecule has 0 spiro atoms. The van der Waals surface area contributed by atoms with E-state index in [2.05, 4.69) is 21.7 Å². The van der Waals surface area contributed by atoms with Crippen LogP contribution in [-0.2, 0) is 16.0 Å². The molecule has 210 valence electrons. The summed E-state index contributed by atoms with van der Waals surface area (Å²) in [5.74, 6) is 0.374.